The second kappa shape index (κ2) is 6.69. The molecule has 0 aliphatic heterocycles. The van der Waals surface area contributed by atoms with Crippen molar-refractivity contribution < 1.29 is 4.92 Å². The Balaban J connectivity index is 1.62. The van der Waals surface area contributed by atoms with E-state index in [2.05, 4.69) is 15.4 Å². The highest BCUT2D eigenvalue weighted by Crippen LogP contribution is 2.20. The SMILES string of the molecule is O=[N+]([O-])c1cccnc1NCCc1cnn(-c2ccccc2)c1. The fourth-order valence-corrected chi connectivity index (χ4v) is 2.22. The third kappa shape index (κ3) is 3.52. The number of benzene rings is 1. The van der Waals surface area contributed by atoms with Crippen molar-refractivity contribution in [3.05, 3.63) is 76.7 Å². The van der Waals surface area contributed by atoms with Gasteiger partial charge in [0, 0.05) is 25.0 Å². The summed E-state index contributed by atoms with van der Waals surface area (Å²) in [4.78, 5) is 14.5. The molecule has 23 heavy (non-hydrogen) atoms. The number of hydrogen-bond donors (Lipinski definition) is 1. The zero-order chi connectivity index (χ0) is 16.1. The highest BCUT2D eigenvalue weighted by Gasteiger charge is 2.13. The highest BCUT2D eigenvalue weighted by molar-refractivity contribution is 5.55. The van der Waals surface area contributed by atoms with Crippen molar-refractivity contribution in [1.29, 1.82) is 0 Å². The lowest BCUT2D eigenvalue weighted by Crippen LogP contribution is -2.08. The summed E-state index contributed by atoms with van der Waals surface area (Å²) in [6.45, 7) is 0.540. The summed E-state index contributed by atoms with van der Waals surface area (Å²) in [7, 11) is 0. The number of pyridine rings is 1. The lowest BCUT2D eigenvalue weighted by atomic mass is 10.2. The van der Waals surface area contributed by atoms with E-state index in [0.717, 1.165) is 11.3 Å². The highest BCUT2D eigenvalue weighted by atomic mass is 16.6. The lowest BCUT2D eigenvalue weighted by Gasteiger charge is -2.04. The largest absolute Gasteiger partial charge is 0.364 e. The molecule has 7 heteroatoms. The Hall–Kier alpha value is -3.22. The third-order valence-corrected chi connectivity index (χ3v) is 3.35. The summed E-state index contributed by atoms with van der Waals surface area (Å²) in [6.07, 6.45) is 5.97. The van der Waals surface area contributed by atoms with Crippen LogP contribution in [0.5, 0.6) is 0 Å². The van der Waals surface area contributed by atoms with Crippen LogP contribution >= 0.6 is 0 Å². The Labute approximate surface area is 132 Å². The maximum absolute atomic E-state index is 10.9. The zero-order valence-corrected chi connectivity index (χ0v) is 12.3. The van der Waals surface area contributed by atoms with Crippen LogP contribution in [0, 0.1) is 10.1 Å². The van der Waals surface area contributed by atoms with Crippen molar-refractivity contribution >= 4 is 11.5 Å². The van der Waals surface area contributed by atoms with Gasteiger partial charge >= 0.3 is 5.69 Å². The van der Waals surface area contributed by atoms with Crippen LogP contribution in [0.15, 0.2) is 61.1 Å². The molecule has 0 bridgehead atoms. The van der Waals surface area contributed by atoms with Crippen molar-refractivity contribution in [2.75, 3.05) is 11.9 Å². The van der Waals surface area contributed by atoms with Gasteiger partial charge in [0.05, 0.1) is 16.8 Å². The molecule has 0 spiro atoms. The summed E-state index contributed by atoms with van der Waals surface area (Å²) >= 11 is 0. The molecule has 0 saturated carbocycles. The van der Waals surface area contributed by atoms with Crippen LogP contribution < -0.4 is 5.32 Å². The summed E-state index contributed by atoms with van der Waals surface area (Å²) in [6, 6.07) is 12.8. The van der Waals surface area contributed by atoms with Crippen LogP contribution in [-0.4, -0.2) is 26.2 Å². The third-order valence-electron chi connectivity index (χ3n) is 3.35. The van der Waals surface area contributed by atoms with Gasteiger partial charge in [-0.05, 0) is 30.2 Å². The van der Waals surface area contributed by atoms with E-state index >= 15 is 0 Å². The molecule has 3 rings (SSSR count). The molecule has 1 N–H and O–H groups in total. The van der Waals surface area contributed by atoms with E-state index in [1.165, 1.54) is 12.3 Å². The van der Waals surface area contributed by atoms with E-state index in [4.69, 9.17) is 0 Å². The zero-order valence-electron chi connectivity index (χ0n) is 12.3. The molecule has 0 amide bonds. The first-order valence-electron chi connectivity index (χ1n) is 7.16. The fourth-order valence-electron chi connectivity index (χ4n) is 2.22. The molecule has 2 heterocycles. The smallest absolute Gasteiger partial charge is 0.311 e. The van der Waals surface area contributed by atoms with Crippen LogP contribution in [0.2, 0.25) is 0 Å². The first-order chi connectivity index (χ1) is 11.2. The van der Waals surface area contributed by atoms with E-state index in [1.807, 2.05) is 36.5 Å². The Morgan fingerprint density at radius 2 is 2.00 bits per heavy atom. The van der Waals surface area contributed by atoms with Gasteiger partial charge in [-0.2, -0.15) is 5.10 Å². The van der Waals surface area contributed by atoms with Gasteiger partial charge in [0.25, 0.3) is 0 Å². The molecule has 1 aromatic carbocycles. The van der Waals surface area contributed by atoms with Crippen LogP contribution in [0.1, 0.15) is 5.56 Å². The first-order valence-corrected chi connectivity index (χ1v) is 7.16. The summed E-state index contributed by atoms with van der Waals surface area (Å²) < 4.78 is 1.80. The van der Waals surface area contributed by atoms with E-state index in [1.54, 1.807) is 16.9 Å². The number of nitro groups is 1. The van der Waals surface area contributed by atoms with E-state index in [9.17, 15) is 10.1 Å². The number of rotatable bonds is 6. The molecule has 3 aromatic rings. The Morgan fingerprint density at radius 1 is 1.17 bits per heavy atom. The predicted molar refractivity (Wildman–Crippen MR) is 86.6 cm³/mol. The number of nitrogens with one attached hydrogen (secondary N) is 1. The number of para-hydroxylation sites is 1. The second-order valence-electron chi connectivity index (χ2n) is 4.93. The Kier molecular flexibility index (Phi) is 4.28. The predicted octanol–water partition coefficient (Wildman–Crippen LogP) is 2.83. The first kappa shape index (κ1) is 14.7. The quantitative estimate of drug-likeness (QED) is 0.559. The van der Waals surface area contributed by atoms with Gasteiger partial charge in [-0.3, -0.25) is 10.1 Å². The van der Waals surface area contributed by atoms with Gasteiger partial charge in [0.15, 0.2) is 0 Å². The summed E-state index contributed by atoms with van der Waals surface area (Å²) in [5.41, 5.74) is 2.01. The maximum atomic E-state index is 10.9. The van der Waals surface area contributed by atoms with E-state index < -0.39 is 4.92 Å². The summed E-state index contributed by atoms with van der Waals surface area (Å²) in [5.74, 6) is 0.285. The van der Waals surface area contributed by atoms with Gasteiger partial charge in [0.1, 0.15) is 0 Å². The maximum Gasteiger partial charge on any atom is 0.311 e. The molecule has 0 saturated heterocycles. The minimum atomic E-state index is -0.442. The minimum Gasteiger partial charge on any atom is -0.364 e. The van der Waals surface area contributed by atoms with E-state index in [0.29, 0.717) is 13.0 Å². The molecule has 0 aliphatic rings. The van der Waals surface area contributed by atoms with Gasteiger partial charge in [-0.1, -0.05) is 18.2 Å². The number of hydrogen-bond acceptors (Lipinski definition) is 5. The molecule has 116 valence electrons. The average Bonchev–Trinajstić information content (AvgIpc) is 3.05. The molecular weight excluding hydrogens is 294 g/mol. The number of nitrogens with zero attached hydrogens (tertiary/aromatic N) is 4. The van der Waals surface area contributed by atoms with Crippen molar-refractivity contribution in [2.24, 2.45) is 0 Å². The fraction of sp³-hybridized carbons (Fsp3) is 0.125. The van der Waals surface area contributed by atoms with Gasteiger partial charge in [0.2, 0.25) is 5.82 Å². The Morgan fingerprint density at radius 3 is 2.78 bits per heavy atom. The Bertz CT molecular complexity index is 801. The molecular formula is C16H15N5O2. The molecule has 0 unspecified atom stereocenters. The van der Waals surface area contributed by atoms with Gasteiger partial charge in [-0.25, -0.2) is 9.67 Å². The van der Waals surface area contributed by atoms with Crippen LogP contribution in [-0.2, 0) is 6.42 Å². The molecule has 7 nitrogen and oxygen atoms in total. The van der Waals surface area contributed by atoms with Crippen LogP contribution in [0.3, 0.4) is 0 Å². The normalized spacial score (nSPS) is 10.4. The number of anilines is 1. The topological polar surface area (TPSA) is 85.9 Å². The molecule has 0 radical (unpaired) electrons. The van der Waals surface area contributed by atoms with Crippen LogP contribution in [0.4, 0.5) is 11.5 Å². The molecule has 0 atom stereocenters. The van der Waals surface area contributed by atoms with Gasteiger partial charge in [-0.15, -0.1) is 0 Å². The second-order valence-corrected chi connectivity index (χ2v) is 4.93. The van der Waals surface area contributed by atoms with Gasteiger partial charge < -0.3 is 5.32 Å². The molecule has 0 aliphatic carbocycles. The standard InChI is InChI=1S/C16H15N5O2/c22-21(23)15-7-4-9-17-16(15)18-10-8-13-11-19-20(12-13)14-5-2-1-3-6-14/h1-7,9,11-12H,8,10H2,(H,17,18). The summed E-state index contributed by atoms with van der Waals surface area (Å²) in [5, 5.41) is 18.3. The van der Waals surface area contributed by atoms with Crippen molar-refractivity contribution in [3.8, 4) is 5.69 Å². The van der Waals surface area contributed by atoms with Crippen molar-refractivity contribution in [1.82, 2.24) is 14.8 Å². The molecule has 2 aromatic heterocycles. The van der Waals surface area contributed by atoms with Crippen LogP contribution in [0.25, 0.3) is 5.69 Å². The van der Waals surface area contributed by atoms with Crippen molar-refractivity contribution in [2.45, 2.75) is 6.42 Å². The lowest BCUT2D eigenvalue weighted by molar-refractivity contribution is -0.384. The average molecular weight is 309 g/mol. The minimum absolute atomic E-state index is 0.0209. The van der Waals surface area contributed by atoms with E-state index in [-0.39, 0.29) is 11.5 Å². The molecule has 0 fully saturated rings. The monoisotopic (exact) mass is 309 g/mol. The number of aromatic nitrogens is 3. The van der Waals surface area contributed by atoms with Crippen molar-refractivity contribution in [3.63, 3.8) is 0 Å².